The van der Waals surface area contributed by atoms with Crippen LogP contribution in [0.15, 0.2) is 79.3 Å². The van der Waals surface area contributed by atoms with Crippen molar-refractivity contribution in [3.05, 3.63) is 90.4 Å². The van der Waals surface area contributed by atoms with Crippen molar-refractivity contribution in [3.63, 3.8) is 0 Å². The summed E-state index contributed by atoms with van der Waals surface area (Å²) in [7, 11) is 0. The van der Waals surface area contributed by atoms with Gasteiger partial charge in [0.1, 0.15) is 5.75 Å². The van der Waals surface area contributed by atoms with Gasteiger partial charge in [-0.1, -0.05) is 42.5 Å². The minimum Gasteiger partial charge on any atom is -0.437 e. The van der Waals surface area contributed by atoms with Gasteiger partial charge in [-0.05, 0) is 36.3 Å². The third-order valence-corrected chi connectivity index (χ3v) is 3.71. The number of nitrogens with zero attached hydrogens (tertiary/aromatic N) is 2. The Hall–Kier alpha value is -3.47. The van der Waals surface area contributed by atoms with Crippen LogP contribution in [0.4, 0.5) is 0 Å². The van der Waals surface area contributed by atoms with Crippen molar-refractivity contribution in [2.75, 3.05) is 0 Å². The van der Waals surface area contributed by atoms with Crippen molar-refractivity contribution in [2.24, 2.45) is 0 Å². The maximum atomic E-state index is 12.1. The van der Waals surface area contributed by atoms with E-state index in [9.17, 15) is 4.79 Å². The number of hydrogen-bond acceptors (Lipinski definition) is 4. The van der Waals surface area contributed by atoms with Crippen LogP contribution < -0.4 is 10.1 Å². The maximum Gasteiger partial charge on any atom is 0.244 e. The first-order chi connectivity index (χ1) is 12.7. The highest BCUT2D eigenvalue weighted by Crippen LogP contribution is 2.22. The van der Waals surface area contributed by atoms with Crippen LogP contribution in [0.25, 0.3) is 6.08 Å². The zero-order chi connectivity index (χ0) is 18.2. The fraction of sp³-hybridized carbons (Fsp3) is 0.0952. The smallest absolute Gasteiger partial charge is 0.244 e. The summed E-state index contributed by atoms with van der Waals surface area (Å²) in [6.45, 7) is 1.93. The minimum atomic E-state index is -0.159. The van der Waals surface area contributed by atoms with E-state index in [1.807, 2.05) is 61.5 Å². The molecule has 0 bridgehead atoms. The molecule has 1 heterocycles. The highest BCUT2D eigenvalue weighted by atomic mass is 16.5. The Morgan fingerprint density at radius 1 is 1.12 bits per heavy atom. The van der Waals surface area contributed by atoms with Gasteiger partial charge in [-0.2, -0.15) is 0 Å². The highest BCUT2D eigenvalue weighted by molar-refractivity contribution is 5.91. The molecule has 3 aromatic rings. The third kappa shape index (κ3) is 5.01. The average Bonchev–Trinajstić information content (AvgIpc) is 2.68. The lowest BCUT2D eigenvalue weighted by atomic mass is 10.1. The van der Waals surface area contributed by atoms with E-state index in [0.717, 1.165) is 11.1 Å². The fourth-order valence-electron chi connectivity index (χ4n) is 2.39. The van der Waals surface area contributed by atoms with Crippen LogP contribution in [-0.4, -0.2) is 15.9 Å². The Balaban J connectivity index is 1.62. The van der Waals surface area contributed by atoms with Crippen molar-refractivity contribution in [1.82, 2.24) is 15.3 Å². The van der Waals surface area contributed by atoms with Crippen LogP contribution in [-0.2, 0) is 4.79 Å². The molecular weight excluding hydrogens is 326 g/mol. The van der Waals surface area contributed by atoms with Crippen LogP contribution in [0.2, 0.25) is 0 Å². The summed E-state index contributed by atoms with van der Waals surface area (Å²) in [5.41, 5.74) is 1.92. The molecule has 0 saturated heterocycles. The van der Waals surface area contributed by atoms with Gasteiger partial charge in [-0.25, -0.2) is 4.98 Å². The van der Waals surface area contributed by atoms with Gasteiger partial charge in [0.2, 0.25) is 11.8 Å². The second kappa shape index (κ2) is 8.58. The Morgan fingerprint density at radius 2 is 1.96 bits per heavy atom. The first kappa shape index (κ1) is 17.4. The number of aromatic nitrogens is 2. The van der Waals surface area contributed by atoms with E-state index in [1.54, 1.807) is 24.7 Å². The predicted molar refractivity (Wildman–Crippen MR) is 101 cm³/mol. The van der Waals surface area contributed by atoms with Gasteiger partial charge in [0, 0.05) is 18.5 Å². The van der Waals surface area contributed by atoms with Crippen molar-refractivity contribution in [1.29, 1.82) is 0 Å². The Morgan fingerprint density at radius 3 is 2.73 bits per heavy atom. The van der Waals surface area contributed by atoms with Gasteiger partial charge in [-0.15, -0.1) is 0 Å². The third-order valence-electron chi connectivity index (χ3n) is 3.71. The largest absolute Gasteiger partial charge is 0.437 e. The average molecular weight is 345 g/mol. The standard InChI is InChI=1S/C21H19N3O2/c1-16(24-20(25)11-10-17-6-3-2-4-7-17)18-8-5-9-19(14-18)26-21-15-22-12-13-23-21/h2-16H,1H3,(H,24,25). The van der Waals surface area contributed by atoms with Crippen LogP contribution in [0.3, 0.4) is 0 Å². The van der Waals surface area contributed by atoms with E-state index in [0.29, 0.717) is 11.6 Å². The summed E-state index contributed by atoms with van der Waals surface area (Å²) in [6, 6.07) is 17.1. The number of carbonyl (C=O) groups excluding carboxylic acids is 1. The van der Waals surface area contributed by atoms with Crippen molar-refractivity contribution >= 4 is 12.0 Å². The molecule has 0 aliphatic heterocycles. The Bertz CT molecular complexity index is 880. The number of benzene rings is 2. The maximum absolute atomic E-state index is 12.1. The van der Waals surface area contributed by atoms with Crippen molar-refractivity contribution in [2.45, 2.75) is 13.0 Å². The number of carbonyl (C=O) groups is 1. The topological polar surface area (TPSA) is 64.1 Å². The monoisotopic (exact) mass is 345 g/mol. The predicted octanol–water partition coefficient (Wildman–Crippen LogP) is 4.16. The van der Waals surface area contributed by atoms with Gasteiger partial charge in [0.15, 0.2) is 0 Å². The second-order valence-corrected chi connectivity index (χ2v) is 5.69. The summed E-state index contributed by atoms with van der Waals surface area (Å²) in [5, 5.41) is 2.95. The van der Waals surface area contributed by atoms with E-state index in [1.165, 1.54) is 6.08 Å². The van der Waals surface area contributed by atoms with Crippen LogP contribution in [0.1, 0.15) is 24.1 Å². The molecule has 1 atom stereocenters. The summed E-state index contributed by atoms with van der Waals surface area (Å²) in [4.78, 5) is 20.2. The molecule has 5 nitrogen and oxygen atoms in total. The molecule has 26 heavy (non-hydrogen) atoms. The van der Waals surface area contributed by atoms with Crippen molar-refractivity contribution < 1.29 is 9.53 Å². The van der Waals surface area contributed by atoms with Crippen LogP contribution >= 0.6 is 0 Å². The van der Waals surface area contributed by atoms with Crippen LogP contribution in [0, 0.1) is 0 Å². The molecule has 3 rings (SSSR count). The SMILES string of the molecule is CC(NC(=O)C=Cc1ccccc1)c1cccc(Oc2cnccn2)c1. The molecule has 0 fully saturated rings. The molecular formula is C21H19N3O2. The molecule has 1 aromatic heterocycles. The lowest BCUT2D eigenvalue weighted by Crippen LogP contribution is -2.24. The molecule has 0 radical (unpaired) electrons. The number of hydrogen-bond donors (Lipinski definition) is 1. The number of amides is 1. The van der Waals surface area contributed by atoms with Gasteiger partial charge in [0.05, 0.1) is 12.2 Å². The molecule has 1 unspecified atom stereocenters. The van der Waals surface area contributed by atoms with Crippen LogP contribution in [0.5, 0.6) is 11.6 Å². The van der Waals surface area contributed by atoms with Gasteiger partial charge < -0.3 is 10.1 Å². The van der Waals surface area contributed by atoms with E-state index in [4.69, 9.17) is 4.74 Å². The lowest BCUT2D eigenvalue weighted by molar-refractivity contribution is -0.117. The van der Waals surface area contributed by atoms with Gasteiger partial charge in [0.25, 0.3) is 0 Å². The quantitative estimate of drug-likeness (QED) is 0.681. The molecule has 0 aliphatic rings. The summed E-state index contributed by atoms with van der Waals surface area (Å²) in [5.74, 6) is 0.915. The zero-order valence-corrected chi connectivity index (χ0v) is 14.4. The van der Waals surface area contributed by atoms with Crippen molar-refractivity contribution in [3.8, 4) is 11.6 Å². The molecule has 2 aromatic carbocycles. The molecule has 130 valence electrons. The minimum absolute atomic E-state index is 0.151. The lowest BCUT2D eigenvalue weighted by Gasteiger charge is -2.14. The van der Waals surface area contributed by atoms with Gasteiger partial charge in [-0.3, -0.25) is 9.78 Å². The zero-order valence-electron chi connectivity index (χ0n) is 14.4. The molecule has 0 spiro atoms. The number of rotatable bonds is 6. The van der Waals surface area contributed by atoms with E-state index in [-0.39, 0.29) is 11.9 Å². The summed E-state index contributed by atoms with van der Waals surface area (Å²) < 4.78 is 5.68. The first-order valence-corrected chi connectivity index (χ1v) is 8.28. The molecule has 1 N–H and O–H groups in total. The molecule has 1 amide bonds. The fourth-order valence-corrected chi connectivity index (χ4v) is 2.39. The number of ether oxygens (including phenoxy) is 1. The van der Waals surface area contributed by atoms with E-state index < -0.39 is 0 Å². The second-order valence-electron chi connectivity index (χ2n) is 5.69. The molecule has 0 aliphatic carbocycles. The van der Waals surface area contributed by atoms with E-state index in [2.05, 4.69) is 15.3 Å². The normalized spacial score (nSPS) is 11.9. The molecule has 5 heteroatoms. The summed E-state index contributed by atoms with van der Waals surface area (Å²) >= 11 is 0. The Kier molecular flexibility index (Phi) is 5.72. The summed E-state index contributed by atoms with van der Waals surface area (Å²) in [6.07, 6.45) is 8.03. The van der Waals surface area contributed by atoms with E-state index >= 15 is 0 Å². The first-order valence-electron chi connectivity index (χ1n) is 8.28. The highest BCUT2D eigenvalue weighted by Gasteiger charge is 2.09. The Labute approximate surface area is 152 Å². The molecule has 0 saturated carbocycles. The van der Waals surface area contributed by atoms with Gasteiger partial charge >= 0.3 is 0 Å². The number of nitrogens with one attached hydrogen (secondary N) is 1.